The molecule has 2 aromatic carbocycles. The van der Waals surface area contributed by atoms with Gasteiger partial charge in [-0.3, -0.25) is 0 Å². The first-order chi connectivity index (χ1) is 9.13. The van der Waals surface area contributed by atoms with Gasteiger partial charge in [0.15, 0.2) is 0 Å². The van der Waals surface area contributed by atoms with Crippen LogP contribution in [0.25, 0.3) is 0 Å². The van der Waals surface area contributed by atoms with E-state index in [1.165, 1.54) is 20.9 Å². The third-order valence-electron chi connectivity index (χ3n) is 3.23. The number of anilines is 2. The van der Waals surface area contributed by atoms with Gasteiger partial charge in [-0.2, -0.15) is 0 Å². The molecule has 0 saturated carbocycles. The van der Waals surface area contributed by atoms with Crippen molar-refractivity contribution in [2.75, 3.05) is 11.5 Å². The molecule has 4 N–H and O–H groups in total. The maximum absolute atomic E-state index is 5.93. The van der Waals surface area contributed by atoms with E-state index in [4.69, 9.17) is 11.5 Å². The molecular weight excluding hydrogens is 252 g/mol. The van der Waals surface area contributed by atoms with E-state index in [-0.39, 0.29) is 0 Å². The van der Waals surface area contributed by atoms with E-state index >= 15 is 0 Å². The van der Waals surface area contributed by atoms with Crippen molar-refractivity contribution < 1.29 is 0 Å². The quantitative estimate of drug-likeness (QED) is 0.823. The zero-order valence-electron chi connectivity index (χ0n) is 11.4. The Morgan fingerprint density at radius 3 is 1.58 bits per heavy atom. The van der Waals surface area contributed by atoms with Crippen molar-refractivity contribution in [2.45, 2.75) is 36.5 Å². The Hall–Kier alpha value is -1.61. The van der Waals surface area contributed by atoms with Gasteiger partial charge in [0.25, 0.3) is 0 Å². The SMILES string of the molecule is CCc1cc(Sc2ccc(N)c(CC)c2)ccc1N. The topological polar surface area (TPSA) is 52.0 Å². The summed E-state index contributed by atoms with van der Waals surface area (Å²) in [6.07, 6.45) is 1.92. The summed E-state index contributed by atoms with van der Waals surface area (Å²) in [4.78, 5) is 2.44. The third-order valence-corrected chi connectivity index (χ3v) is 4.21. The van der Waals surface area contributed by atoms with E-state index in [0.717, 1.165) is 24.2 Å². The summed E-state index contributed by atoms with van der Waals surface area (Å²) >= 11 is 1.75. The minimum absolute atomic E-state index is 0.874. The molecule has 19 heavy (non-hydrogen) atoms. The van der Waals surface area contributed by atoms with Gasteiger partial charge in [-0.05, 0) is 60.4 Å². The number of hydrogen-bond acceptors (Lipinski definition) is 3. The molecule has 0 amide bonds. The monoisotopic (exact) mass is 272 g/mol. The van der Waals surface area contributed by atoms with Gasteiger partial charge < -0.3 is 11.5 Å². The van der Waals surface area contributed by atoms with E-state index in [1.807, 2.05) is 12.1 Å². The average molecular weight is 272 g/mol. The molecule has 0 aliphatic rings. The average Bonchev–Trinajstić information content (AvgIpc) is 2.43. The van der Waals surface area contributed by atoms with Crippen molar-refractivity contribution in [3.05, 3.63) is 47.5 Å². The zero-order chi connectivity index (χ0) is 13.8. The molecule has 0 heterocycles. The van der Waals surface area contributed by atoms with Crippen LogP contribution in [0, 0.1) is 0 Å². The van der Waals surface area contributed by atoms with Gasteiger partial charge in [-0.25, -0.2) is 0 Å². The molecule has 0 spiro atoms. The third kappa shape index (κ3) is 3.24. The maximum Gasteiger partial charge on any atom is 0.0347 e. The molecule has 0 unspecified atom stereocenters. The molecule has 0 atom stereocenters. The van der Waals surface area contributed by atoms with E-state index in [1.54, 1.807) is 11.8 Å². The second-order valence-electron chi connectivity index (χ2n) is 4.53. The molecule has 0 bridgehead atoms. The molecular formula is C16H20N2S. The van der Waals surface area contributed by atoms with E-state index in [9.17, 15) is 0 Å². The zero-order valence-corrected chi connectivity index (χ0v) is 12.3. The summed E-state index contributed by atoms with van der Waals surface area (Å²) in [6, 6.07) is 12.4. The van der Waals surface area contributed by atoms with Gasteiger partial charge in [0, 0.05) is 21.2 Å². The molecule has 0 aliphatic heterocycles. The van der Waals surface area contributed by atoms with Crippen LogP contribution in [0.15, 0.2) is 46.2 Å². The highest BCUT2D eigenvalue weighted by Crippen LogP contribution is 2.31. The predicted octanol–water partition coefficient (Wildman–Crippen LogP) is 4.13. The maximum atomic E-state index is 5.93. The molecule has 0 fully saturated rings. The van der Waals surface area contributed by atoms with Gasteiger partial charge in [0.1, 0.15) is 0 Å². The molecule has 100 valence electrons. The smallest absolute Gasteiger partial charge is 0.0347 e. The largest absolute Gasteiger partial charge is 0.399 e. The first-order valence-corrected chi connectivity index (χ1v) is 7.40. The van der Waals surface area contributed by atoms with Crippen molar-refractivity contribution in [1.29, 1.82) is 0 Å². The van der Waals surface area contributed by atoms with Gasteiger partial charge in [0.05, 0.1) is 0 Å². The number of nitrogen functional groups attached to an aromatic ring is 2. The van der Waals surface area contributed by atoms with E-state index in [2.05, 4.69) is 38.1 Å². The number of benzene rings is 2. The summed E-state index contributed by atoms with van der Waals surface area (Å²) in [6.45, 7) is 4.25. The van der Waals surface area contributed by atoms with Gasteiger partial charge in [0.2, 0.25) is 0 Å². The molecule has 0 radical (unpaired) electrons. The van der Waals surface area contributed by atoms with Crippen LogP contribution < -0.4 is 11.5 Å². The van der Waals surface area contributed by atoms with Crippen molar-refractivity contribution in [1.82, 2.24) is 0 Å². The molecule has 2 aromatic rings. The first kappa shape index (κ1) is 13.8. The Labute approximate surface area is 119 Å². The van der Waals surface area contributed by atoms with E-state index < -0.39 is 0 Å². The second-order valence-corrected chi connectivity index (χ2v) is 5.68. The van der Waals surface area contributed by atoms with Crippen LogP contribution >= 0.6 is 11.8 Å². The number of rotatable bonds is 4. The molecule has 2 rings (SSSR count). The van der Waals surface area contributed by atoms with Crippen LogP contribution in [-0.4, -0.2) is 0 Å². The van der Waals surface area contributed by atoms with Crippen LogP contribution in [0.5, 0.6) is 0 Å². The summed E-state index contributed by atoms with van der Waals surface area (Å²) < 4.78 is 0. The van der Waals surface area contributed by atoms with Crippen LogP contribution in [-0.2, 0) is 12.8 Å². The summed E-state index contributed by atoms with van der Waals surface area (Å²) in [5.74, 6) is 0. The minimum atomic E-state index is 0.874. The lowest BCUT2D eigenvalue weighted by atomic mass is 10.1. The Morgan fingerprint density at radius 2 is 1.21 bits per heavy atom. The lowest BCUT2D eigenvalue weighted by molar-refractivity contribution is 1.12. The number of nitrogens with two attached hydrogens (primary N) is 2. The van der Waals surface area contributed by atoms with Gasteiger partial charge in [-0.1, -0.05) is 25.6 Å². The lowest BCUT2D eigenvalue weighted by Gasteiger charge is -2.09. The summed E-state index contributed by atoms with van der Waals surface area (Å²) in [7, 11) is 0. The minimum Gasteiger partial charge on any atom is -0.399 e. The first-order valence-electron chi connectivity index (χ1n) is 6.58. The van der Waals surface area contributed by atoms with Crippen molar-refractivity contribution in [2.24, 2.45) is 0 Å². The predicted molar refractivity (Wildman–Crippen MR) is 84.6 cm³/mol. The molecule has 0 aromatic heterocycles. The Balaban J connectivity index is 2.25. The highest BCUT2D eigenvalue weighted by atomic mass is 32.2. The van der Waals surface area contributed by atoms with Crippen LogP contribution in [0.2, 0.25) is 0 Å². The van der Waals surface area contributed by atoms with Crippen molar-refractivity contribution in [3.8, 4) is 0 Å². The molecule has 3 heteroatoms. The fraction of sp³-hybridized carbons (Fsp3) is 0.250. The fourth-order valence-corrected chi connectivity index (χ4v) is 2.99. The Kier molecular flexibility index (Phi) is 4.38. The highest BCUT2D eigenvalue weighted by molar-refractivity contribution is 7.99. The summed E-state index contributed by atoms with van der Waals surface area (Å²) in [5, 5.41) is 0. The van der Waals surface area contributed by atoms with Crippen molar-refractivity contribution >= 4 is 23.1 Å². The van der Waals surface area contributed by atoms with Gasteiger partial charge >= 0.3 is 0 Å². The number of hydrogen-bond donors (Lipinski definition) is 2. The summed E-state index contributed by atoms with van der Waals surface area (Å²) in [5.41, 5.74) is 16.0. The van der Waals surface area contributed by atoms with Crippen LogP contribution in [0.3, 0.4) is 0 Å². The van der Waals surface area contributed by atoms with Crippen molar-refractivity contribution in [3.63, 3.8) is 0 Å². The number of aryl methyl sites for hydroxylation is 2. The van der Waals surface area contributed by atoms with E-state index in [0.29, 0.717) is 0 Å². The second kappa shape index (κ2) is 6.02. The Bertz CT molecular complexity index is 527. The lowest BCUT2D eigenvalue weighted by Crippen LogP contribution is -1.93. The highest BCUT2D eigenvalue weighted by Gasteiger charge is 2.04. The molecule has 0 saturated heterocycles. The Morgan fingerprint density at radius 1 is 0.789 bits per heavy atom. The van der Waals surface area contributed by atoms with Crippen LogP contribution in [0.4, 0.5) is 11.4 Å². The molecule has 0 aliphatic carbocycles. The van der Waals surface area contributed by atoms with Gasteiger partial charge in [-0.15, -0.1) is 0 Å². The fourth-order valence-electron chi connectivity index (χ4n) is 2.04. The van der Waals surface area contributed by atoms with Crippen LogP contribution in [0.1, 0.15) is 25.0 Å². The standard InChI is InChI=1S/C16H20N2S/c1-3-11-9-13(5-7-15(11)17)19-14-6-8-16(18)12(4-2)10-14/h5-10H,3-4,17-18H2,1-2H3. The normalized spacial score (nSPS) is 10.6. The molecule has 2 nitrogen and oxygen atoms in total.